The lowest BCUT2D eigenvalue weighted by Crippen LogP contribution is -2.32. The normalized spacial score (nSPS) is 13.7. The monoisotopic (exact) mass is 372 g/mol. The molecule has 1 unspecified atom stereocenters. The van der Waals surface area contributed by atoms with Gasteiger partial charge in [0, 0.05) is 16.4 Å². The van der Waals surface area contributed by atoms with Crippen molar-refractivity contribution >= 4 is 18.2 Å². The third kappa shape index (κ3) is 4.30. The SMILES string of the molecule is CC(c1cccc(O)c1)C(O)(O)c1ccc(O)cc1SP(=O)(O)O. The third-order valence-electron chi connectivity index (χ3n) is 3.55. The number of phenolic OH excluding ortho intramolecular Hbond substituents is 2. The van der Waals surface area contributed by atoms with Crippen molar-refractivity contribution in [1.29, 1.82) is 0 Å². The lowest BCUT2D eigenvalue weighted by Gasteiger charge is -2.31. The number of aromatic hydroxyl groups is 2. The first-order valence-electron chi connectivity index (χ1n) is 6.83. The number of hydrogen-bond acceptors (Lipinski definition) is 6. The van der Waals surface area contributed by atoms with Gasteiger partial charge < -0.3 is 30.2 Å². The molecule has 0 fully saturated rings. The van der Waals surface area contributed by atoms with Crippen LogP contribution >= 0.6 is 18.2 Å². The van der Waals surface area contributed by atoms with Gasteiger partial charge in [0.15, 0.2) is 5.79 Å². The van der Waals surface area contributed by atoms with E-state index in [0.717, 1.165) is 6.07 Å². The number of phenols is 2. The molecule has 0 aliphatic carbocycles. The summed E-state index contributed by atoms with van der Waals surface area (Å²) in [5.74, 6) is -3.73. The van der Waals surface area contributed by atoms with E-state index in [1.165, 1.54) is 31.2 Å². The Balaban J connectivity index is 2.50. The predicted octanol–water partition coefficient (Wildman–Crippen LogP) is 2.22. The van der Waals surface area contributed by atoms with E-state index < -0.39 is 18.5 Å². The quantitative estimate of drug-likeness (QED) is 0.347. The molecule has 2 rings (SSSR count). The zero-order valence-electron chi connectivity index (χ0n) is 12.6. The fraction of sp³-hybridized carbons (Fsp3) is 0.200. The average molecular weight is 372 g/mol. The molecule has 0 aromatic heterocycles. The topological polar surface area (TPSA) is 138 Å². The Morgan fingerprint density at radius 1 is 1.04 bits per heavy atom. The van der Waals surface area contributed by atoms with E-state index in [2.05, 4.69) is 0 Å². The highest BCUT2D eigenvalue weighted by molar-refractivity contribution is 8.54. The Kier molecular flexibility index (Phi) is 5.29. The summed E-state index contributed by atoms with van der Waals surface area (Å²) in [5, 5.41) is 40.3. The summed E-state index contributed by atoms with van der Waals surface area (Å²) in [7, 11) is 0. The molecule has 6 N–H and O–H groups in total. The van der Waals surface area contributed by atoms with Crippen LogP contribution in [0.5, 0.6) is 11.5 Å². The highest BCUT2D eigenvalue weighted by Gasteiger charge is 2.38. The van der Waals surface area contributed by atoms with E-state index in [0.29, 0.717) is 5.56 Å². The number of rotatable bonds is 5. The van der Waals surface area contributed by atoms with Gasteiger partial charge in [0.1, 0.15) is 11.5 Å². The second-order valence-corrected chi connectivity index (χ2v) is 8.88. The molecule has 2 aromatic carbocycles. The Labute approximate surface area is 142 Å². The van der Waals surface area contributed by atoms with Crippen LogP contribution in [0.25, 0.3) is 0 Å². The smallest absolute Gasteiger partial charge is 0.388 e. The molecule has 0 radical (unpaired) electrons. The molecule has 1 atom stereocenters. The predicted molar refractivity (Wildman–Crippen MR) is 88.6 cm³/mol. The van der Waals surface area contributed by atoms with E-state index in [4.69, 9.17) is 9.79 Å². The highest BCUT2D eigenvalue weighted by Crippen LogP contribution is 2.57. The van der Waals surface area contributed by atoms with Gasteiger partial charge in [0.25, 0.3) is 0 Å². The molecule has 0 amide bonds. The van der Waals surface area contributed by atoms with Crippen LogP contribution in [0.15, 0.2) is 47.4 Å². The number of aliphatic hydroxyl groups is 2. The van der Waals surface area contributed by atoms with Gasteiger partial charge in [-0.05, 0) is 47.3 Å². The molecular formula is C15H17O7PS. The Bertz CT molecular complexity index is 787. The summed E-state index contributed by atoms with van der Waals surface area (Å²) in [6, 6.07) is 9.35. The molecule has 0 aliphatic heterocycles. The summed E-state index contributed by atoms with van der Waals surface area (Å²) >= 11 is 0.121. The summed E-state index contributed by atoms with van der Waals surface area (Å²) in [6.07, 6.45) is 0. The van der Waals surface area contributed by atoms with E-state index >= 15 is 0 Å². The standard InChI is InChI=1S/C15H17O7PS/c1-9(10-3-2-4-11(16)7-10)15(18,19)13-6-5-12(17)8-14(13)24-23(20,21)22/h2-9,16-19H,1H3,(H2,20,21,22). The zero-order chi connectivity index (χ0) is 18.1. The van der Waals surface area contributed by atoms with E-state index in [1.54, 1.807) is 12.1 Å². The maximum atomic E-state index is 11.3. The minimum Gasteiger partial charge on any atom is -0.508 e. The molecule has 7 nitrogen and oxygen atoms in total. The van der Waals surface area contributed by atoms with Gasteiger partial charge in [0.05, 0.1) is 0 Å². The van der Waals surface area contributed by atoms with Gasteiger partial charge in [-0.25, -0.2) is 4.57 Å². The number of benzene rings is 2. The summed E-state index contributed by atoms with van der Waals surface area (Å²) in [6.45, 7) is -3.08. The van der Waals surface area contributed by atoms with Crippen LogP contribution in [0.1, 0.15) is 24.0 Å². The molecule has 0 aliphatic rings. The van der Waals surface area contributed by atoms with Crippen LogP contribution in [0.2, 0.25) is 0 Å². The molecule has 130 valence electrons. The molecule has 0 heterocycles. The third-order valence-corrected chi connectivity index (χ3v) is 5.63. The first-order chi connectivity index (χ1) is 11.0. The molecule has 9 heteroatoms. The maximum absolute atomic E-state index is 11.3. The molecule has 2 aromatic rings. The molecule has 0 spiro atoms. The first kappa shape index (κ1) is 18.8. The lowest BCUT2D eigenvalue weighted by atomic mass is 9.87. The zero-order valence-corrected chi connectivity index (χ0v) is 14.3. The van der Waals surface area contributed by atoms with Crippen LogP contribution in [-0.4, -0.2) is 30.2 Å². The van der Waals surface area contributed by atoms with Crippen molar-refractivity contribution in [3.8, 4) is 11.5 Å². The van der Waals surface area contributed by atoms with Crippen molar-refractivity contribution in [1.82, 2.24) is 0 Å². The maximum Gasteiger partial charge on any atom is 0.388 e. The fourth-order valence-electron chi connectivity index (χ4n) is 2.28. The Hall–Kier alpha value is -1.54. The van der Waals surface area contributed by atoms with Crippen LogP contribution in [0.4, 0.5) is 0 Å². The Morgan fingerprint density at radius 2 is 1.67 bits per heavy atom. The van der Waals surface area contributed by atoms with E-state index in [9.17, 15) is 25.0 Å². The molecule has 0 saturated heterocycles. The van der Waals surface area contributed by atoms with E-state index in [-0.39, 0.29) is 33.3 Å². The summed E-state index contributed by atoms with van der Waals surface area (Å²) < 4.78 is 11.3. The average Bonchev–Trinajstić information content (AvgIpc) is 2.44. The minimum atomic E-state index is -4.57. The first-order valence-corrected chi connectivity index (χ1v) is 9.86. The van der Waals surface area contributed by atoms with Crippen molar-refractivity contribution in [2.24, 2.45) is 0 Å². The van der Waals surface area contributed by atoms with Crippen LogP contribution in [0.3, 0.4) is 0 Å². The van der Waals surface area contributed by atoms with Crippen LogP contribution in [-0.2, 0) is 10.4 Å². The van der Waals surface area contributed by atoms with Crippen molar-refractivity contribution < 1.29 is 34.8 Å². The van der Waals surface area contributed by atoms with Gasteiger partial charge in [-0.1, -0.05) is 19.1 Å². The van der Waals surface area contributed by atoms with E-state index in [1.807, 2.05) is 0 Å². The summed E-state index contributed by atoms with van der Waals surface area (Å²) in [5.41, 5.74) is 0.254. The molecule has 0 saturated carbocycles. The van der Waals surface area contributed by atoms with Crippen molar-refractivity contribution in [3.05, 3.63) is 53.6 Å². The van der Waals surface area contributed by atoms with Crippen molar-refractivity contribution in [2.45, 2.75) is 23.5 Å². The molecule has 0 bridgehead atoms. The minimum absolute atomic E-state index is 0.0503. The largest absolute Gasteiger partial charge is 0.508 e. The fourth-order valence-corrected chi connectivity index (χ4v) is 4.25. The van der Waals surface area contributed by atoms with Gasteiger partial charge in [-0.3, -0.25) is 0 Å². The number of hydrogen-bond donors (Lipinski definition) is 6. The second-order valence-electron chi connectivity index (χ2n) is 5.31. The van der Waals surface area contributed by atoms with Gasteiger partial charge >= 0.3 is 6.80 Å². The molecule has 24 heavy (non-hydrogen) atoms. The molecular weight excluding hydrogens is 355 g/mol. The van der Waals surface area contributed by atoms with Crippen molar-refractivity contribution in [3.63, 3.8) is 0 Å². The Morgan fingerprint density at radius 3 is 2.25 bits per heavy atom. The van der Waals surface area contributed by atoms with Crippen LogP contribution < -0.4 is 0 Å². The van der Waals surface area contributed by atoms with Gasteiger partial charge in [0.2, 0.25) is 0 Å². The second kappa shape index (κ2) is 6.76. The lowest BCUT2D eigenvalue weighted by molar-refractivity contribution is -0.186. The van der Waals surface area contributed by atoms with Crippen LogP contribution in [0, 0.1) is 0 Å². The van der Waals surface area contributed by atoms with Gasteiger partial charge in [-0.2, -0.15) is 0 Å². The summed E-state index contributed by atoms with van der Waals surface area (Å²) in [4.78, 5) is 18.1. The van der Waals surface area contributed by atoms with Crippen molar-refractivity contribution in [2.75, 3.05) is 0 Å². The highest BCUT2D eigenvalue weighted by atomic mass is 32.7. The van der Waals surface area contributed by atoms with Gasteiger partial charge in [-0.15, -0.1) is 0 Å².